The van der Waals surface area contributed by atoms with E-state index in [4.69, 9.17) is 10.5 Å². The summed E-state index contributed by atoms with van der Waals surface area (Å²) in [7, 11) is 0. The van der Waals surface area contributed by atoms with Crippen LogP contribution in [0.5, 0.6) is 0 Å². The number of primary amides is 1. The molecule has 32 heavy (non-hydrogen) atoms. The number of nitrogens with one attached hydrogen (secondary N) is 2. The zero-order valence-corrected chi connectivity index (χ0v) is 18.1. The number of hydrogen-bond acceptors (Lipinski definition) is 7. The Labute approximate surface area is 184 Å². The van der Waals surface area contributed by atoms with E-state index in [-0.39, 0.29) is 24.9 Å². The molecular formula is C20H28N6O6. The van der Waals surface area contributed by atoms with Gasteiger partial charge in [-0.2, -0.15) is 0 Å². The Balaban J connectivity index is 1.77. The van der Waals surface area contributed by atoms with E-state index in [1.165, 1.54) is 17.4 Å². The first-order valence-electron chi connectivity index (χ1n) is 10.6. The first kappa shape index (κ1) is 23.2. The van der Waals surface area contributed by atoms with Gasteiger partial charge in [0.15, 0.2) is 0 Å². The molecule has 4 N–H and O–H groups in total. The Morgan fingerprint density at radius 1 is 1.31 bits per heavy atom. The van der Waals surface area contributed by atoms with Crippen LogP contribution < -0.4 is 16.4 Å². The third kappa shape index (κ3) is 5.42. The van der Waals surface area contributed by atoms with Crippen LogP contribution in [0.3, 0.4) is 0 Å². The van der Waals surface area contributed by atoms with E-state index in [1.54, 1.807) is 13.8 Å². The van der Waals surface area contributed by atoms with Crippen LogP contribution in [0, 0.1) is 0 Å². The SMILES string of the molecule is CC(C)OC(=O)n1cnc(CC(NC(=O)C2CCC(=O)N2)C(=O)N2CCCC2C(N)=O)c1. The number of carbonyl (C=O) groups excluding carboxylic acids is 5. The highest BCUT2D eigenvalue weighted by molar-refractivity contribution is 5.95. The summed E-state index contributed by atoms with van der Waals surface area (Å²) in [5, 5.41) is 5.24. The number of nitrogens with two attached hydrogens (primary N) is 1. The number of ether oxygens (including phenoxy) is 1. The van der Waals surface area contributed by atoms with Gasteiger partial charge in [0.25, 0.3) is 0 Å². The quantitative estimate of drug-likeness (QED) is 0.484. The summed E-state index contributed by atoms with van der Waals surface area (Å²) in [6.45, 7) is 3.77. The summed E-state index contributed by atoms with van der Waals surface area (Å²) >= 11 is 0. The summed E-state index contributed by atoms with van der Waals surface area (Å²) in [5.41, 5.74) is 5.81. The summed E-state index contributed by atoms with van der Waals surface area (Å²) in [4.78, 5) is 66.7. The largest absolute Gasteiger partial charge is 0.446 e. The molecule has 2 saturated heterocycles. The van der Waals surface area contributed by atoms with Gasteiger partial charge in [-0.25, -0.2) is 14.3 Å². The molecule has 0 bridgehead atoms. The maximum absolute atomic E-state index is 13.3. The molecule has 12 nitrogen and oxygen atoms in total. The molecule has 4 amide bonds. The fourth-order valence-corrected chi connectivity index (χ4v) is 3.85. The molecule has 12 heteroatoms. The molecule has 0 aliphatic carbocycles. The molecule has 2 fully saturated rings. The maximum Gasteiger partial charge on any atom is 0.419 e. The van der Waals surface area contributed by atoms with Gasteiger partial charge in [0.2, 0.25) is 23.6 Å². The number of amides is 4. The van der Waals surface area contributed by atoms with Gasteiger partial charge in [0, 0.05) is 25.6 Å². The van der Waals surface area contributed by atoms with Crippen LogP contribution in [0.2, 0.25) is 0 Å². The molecule has 1 aromatic heterocycles. The van der Waals surface area contributed by atoms with Gasteiger partial charge in [-0.3, -0.25) is 19.2 Å². The third-order valence-electron chi connectivity index (χ3n) is 5.39. The van der Waals surface area contributed by atoms with Crippen molar-refractivity contribution in [2.24, 2.45) is 5.73 Å². The molecule has 174 valence electrons. The van der Waals surface area contributed by atoms with Gasteiger partial charge >= 0.3 is 6.09 Å². The van der Waals surface area contributed by atoms with Gasteiger partial charge in [-0.15, -0.1) is 0 Å². The van der Waals surface area contributed by atoms with E-state index >= 15 is 0 Å². The zero-order chi connectivity index (χ0) is 23.4. The third-order valence-corrected chi connectivity index (χ3v) is 5.39. The molecule has 0 spiro atoms. The van der Waals surface area contributed by atoms with E-state index in [9.17, 15) is 24.0 Å². The summed E-state index contributed by atoms with van der Waals surface area (Å²) < 4.78 is 6.26. The fraction of sp³-hybridized carbons (Fsp3) is 0.600. The standard InChI is InChI=1S/C20H28N6O6/c1-11(2)32-20(31)25-9-12(22-10-25)8-14(24-18(29)13-5-6-16(27)23-13)19(30)26-7-3-4-15(26)17(21)28/h9-11,13-15H,3-8H2,1-2H3,(H2,21,28)(H,23,27)(H,24,29). The van der Waals surface area contributed by atoms with Crippen molar-refractivity contribution < 1.29 is 28.7 Å². The lowest BCUT2D eigenvalue weighted by atomic mass is 10.1. The normalized spacial score (nSPS) is 21.3. The Hall–Kier alpha value is -3.44. The lowest BCUT2D eigenvalue weighted by Crippen LogP contribution is -2.56. The van der Waals surface area contributed by atoms with Gasteiger partial charge in [0.05, 0.1) is 11.8 Å². The van der Waals surface area contributed by atoms with E-state index in [1.807, 2.05) is 0 Å². The molecule has 0 aromatic carbocycles. The maximum atomic E-state index is 13.3. The first-order chi connectivity index (χ1) is 15.2. The van der Waals surface area contributed by atoms with Crippen LogP contribution in [-0.4, -0.2) is 74.9 Å². The van der Waals surface area contributed by atoms with Crippen molar-refractivity contribution in [2.45, 2.75) is 70.2 Å². The highest BCUT2D eigenvalue weighted by Crippen LogP contribution is 2.19. The van der Waals surface area contributed by atoms with E-state index in [0.29, 0.717) is 31.5 Å². The highest BCUT2D eigenvalue weighted by atomic mass is 16.6. The molecule has 3 heterocycles. The molecule has 3 unspecified atom stereocenters. The van der Waals surface area contributed by atoms with Crippen LogP contribution in [0.25, 0.3) is 0 Å². The number of hydrogen-bond donors (Lipinski definition) is 3. The van der Waals surface area contributed by atoms with E-state index in [2.05, 4.69) is 15.6 Å². The van der Waals surface area contributed by atoms with Crippen molar-refractivity contribution in [1.82, 2.24) is 25.1 Å². The van der Waals surface area contributed by atoms with Gasteiger partial charge < -0.3 is 26.0 Å². The average molecular weight is 448 g/mol. The van der Waals surface area contributed by atoms with Crippen molar-refractivity contribution in [3.8, 4) is 0 Å². The van der Waals surface area contributed by atoms with Gasteiger partial charge in [-0.1, -0.05) is 0 Å². The van der Waals surface area contributed by atoms with Crippen molar-refractivity contribution in [1.29, 1.82) is 0 Å². The highest BCUT2D eigenvalue weighted by Gasteiger charge is 2.38. The molecule has 0 saturated carbocycles. The number of carbonyl (C=O) groups is 5. The summed E-state index contributed by atoms with van der Waals surface area (Å²) in [5.74, 6) is -1.81. The van der Waals surface area contributed by atoms with Crippen molar-refractivity contribution in [3.63, 3.8) is 0 Å². The lowest BCUT2D eigenvalue weighted by molar-refractivity contribution is -0.140. The van der Waals surface area contributed by atoms with Crippen molar-refractivity contribution >= 4 is 29.7 Å². The first-order valence-corrected chi connectivity index (χ1v) is 10.6. The second-order valence-electron chi connectivity index (χ2n) is 8.22. The zero-order valence-electron chi connectivity index (χ0n) is 18.1. The monoisotopic (exact) mass is 448 g/mol. The number of rotatable bonds is 7. The minimum atomic E-state index is -1.05. The second-order valence-corrected chi connectivity index (χ2v) is 8.22. The van der Waals surface area contributed by atoms with E-state index < -0.39 is 41.9 Å². The van der Waals surface area contributed by atoms with Crippen LogP contribution in [0.15, 0.2) is 12.5 Å². The molecule has 0 radical (unpaired) electrons. The van der Waals surface area contributed by atoms with E-state index in [0.717, 1.165) is 4.57 Å². The van der Waals surface area contributed by atoms with Crippen molar-refractivity contribution in [3.05, 3.63) is 18.2 Å². The summed E-state index contributed by atoms with van der Waals surface area (Å²) in [6.07, 6.45) is 3.37. The van der Waals surface area contributed by atoms with Crippen LogP contribution in [-0.2, 0) is 30.3 Å². The molecule has 2 aliphatic heterocycles. The summed E-state index contributed by atoms with van der Waals surface area (Å²) in [6, 6.07) is -2.53. The topological polar surface area (TPSA) is 166 Å². The molecule has 1 aromatic rings. The predicted octanol–water partition coefficient (Wildman–Crippen LogP) is -0.942. The molecule has 3 rings (SSSR count). The van der Waals surface area contributed by atoms with Crippen molar-refractivity contribution in [2.75, 3.05) is 6.54 Å². The Bertz CT molecular complexity index is 912. The smallest absolute Gasteiger partial charge is 0.419 e. The lowest BCUT2D eigenvalue weighted by Gasteiger charge is -2.28. The number of likely N-dealkylation sites (tertiary alicyclic amines) is 1. The number of imidazole rings is 1. The minimum Gasteiger partial charge on any atom is -0.446 e. The molecular weight excluding hydrogens is 420 g/mol. The van der Waals surface area contributed by atoms with Gasteiger partial charge in [-0.05, 0) is 33.1 Å². The minimum absolute atomic E-state index is 0.0187. The second kappa shape index (κ2) is 9.79. The predicted molar refractivity (Wildman–Crippen MR) is 110 cm³/mol. The fourth-order valence-electron chi connectivity index (χ4n) is 3.85. The molecule has 2 aliphatic rings. The van der Waals surface area contributed by atoms with Crippen LogP contribution >= 0.6 is 0 Å². The Morgan fingerprint density at radius 2 is 2.06 bits per heavy atom. The Morgan fingerprint density at radius 3 is 2.69 bits per heavy atom. The van der Waals surface area contributed by atoms with Crippen LogP contribution in [0.4, 0.5) is 4.79 Å². The van der Waals surface area contributed by atoms with Gasteiger partial charge in [0.1, 0.15) is 24.5 Å². The number of nitrogens with zero attached hydrogens (tertiary/aromatic N) is 3. The molecule has 3 atom stereocenters. The Kier molecular flexibility index (Phi) is 7.11. The average Bonchev–Trinajstić information content (AvgIpc) is 3.46. The number of aromatic nitrogens is 2. The van der Waals surface area contributed by atoms with Crippen LogP contribution in [0.1, 0.15) is 45.2 Å².